The summed E-state index contributed by atoms with van der Waals surface area (Å²) >= 11 is 0. The molecule has 16 heavy (non-hydrogen) atoms. The highest BCUT2D eigenvalue weighted by atomic mass is 16.5. The van der Waals surface area contributed by atoms with E-state index in [-0.39, 0.29) is 12.1 Å². The van der Waals surface area contributed by atoms with E-state index in [0.717, 1.165) is 32.0 Å². The van der Waals surface area contributed by atoms with E-state index in [1.807, 2.05) is 0 Å². The van der Waals surface area contributed by atoms with Crippen LogP contribution in [0, 0.1) is 0 Å². The Hall–Kier alpha value is -1.52. The lowest BCUT2D eigenvalue weighted by Gasteiger charge is -2.03. The maximum atomic E-state index is 11.3. The van der Waals surface area contributed by atoms with Crippen molar-refractivity contribution in [2.75, 3.05) is 6.61 Å². The summed E-state index contributed by atoms with van der Waals surface area (Å²) in [5.41, 5.74) is 0.165. The molecule has 1 aliphatic heterocycles. The first kappa shape index (κ1) is 12.5. The van der Waals surface area contributed by atoms with Gasteiger partial charge in [-0.1, -0.05) is 26.2 Å². The van der Waals surface area contributed by atoms with Gasteiger partial charge in [0.15, 0.2) is 0 Å². The molecule has 0 aromatic rings. The van der Waals surface area contributed by atoms with Gasteiger partial charge in [-0.25, -0.2) is 4.99 Å². The van der Waals surface area contributed by atoms with Crippen LogP contribution in [0.2, 0.25) is 0 Å². The van der Waals surface area contributed by atoms with Crippen LogP contribution in [-0.2, 0) is 14.3 Å². The van der Waals surface area contributed by atoms with E-state index in [1.54, 1.807) is 0 Å². The van der Waals surface area contributed by atoms with Gasteiger partial charge in [0.25, 0.3) is 5.91 Å². The highest BCUT2D eigenvalue weighted by Crippen LogP contribution is 2.02. The predicted molar refractivity (Wildman–Crippen MR) is 60.7 cm³/mol. The van der Waals surface area contributed by atoms with E-state index in [1.165, 1.54) is 0 Å². The maximum Gasteiger partial charge on any atom is 0.312 e. The molecule has 0 N–H and O–H groups in total. The molecule has 1 rings (SSSR count). The maximum absolute atomic E-state index is 11.3. The van der Waals surface area contributed by atoms with Crippen LogP contribution >= 0.6 is 0 Å². The lowest BCUT2D eigenvalue weighted by atomic mass is 10.2. The van der Waals surface area contributed by atoms with Crippen LogP contribution in [0.3, 0.4) is 0 Å². The number of nitrogens with zero attached hydrogens (tertiary/aromatic N) is 2. The summed E-state index contributed by atoms with van der Waals surface area (Å²) in [5, 5.41) is 0. The standard InChI is InChI=1S/C11H16N2O3/c1-2-3-4-5-6-16-10(14)7-9-11(15)13-8-12-9/h8H,2-7H2,1H3. The molecule has 0 saturated heterocycles. The van der Waals surface area contributed by atoms with Crippen LogP contribution in [0.1, 0.15) is 39.0 Å². The summed E-state index contributed by atoms with van der Waals surface area (Å²) in [5.74, 6) is -0.850. The minimum absolute atomic E-state index is 0.0768. The number of rotatable bonds is 7. The van der Waals surface area contributed by atoms with Crippen LogP contribution < -0.4 is 0 Å². The normalized spacial score (nSPS) is 14.1. The highest BCUT2D eigenvalue weighted by Gasteiger charge is 2.18. The molecule has 0 aromatic heterocycles. The Morgan fingerprint density at radius 3 is 2.81 bits per heavy atom. The third-order valence-corrected chi connectivity index (χ3v) is 2.21. The van der Waals surface area contributed by atoms with Gasteiger partial charge in [0.05, 0.1) is 13.0 Å². The number of hydrogen-bond acceptors (Lipinski definition) is 4. The predicted octanol–water partition coefficient (Wildman–Crippen LogP) is 1.51. The lowest BCUT2D eigenvalue weighted by Crippen LogP contribution is -2.16. The number of esters is 1. The van der Waals surface area contributed by atoms with Crippen LogP contribution in [0.15, 0.2) is 9.98 Å². The Labute approximate surface area is 94.6 Å². The third kappa shape index (κ3) is 4.33. The molecular weight excluding hydrogens is 208 g/mol. The van der Waals surface area contributed by atoms with Crippen molar-refractivity contribution in [2.24, 2.45) is 9.98 Å². The average molecular weight is 224 g/mol. The molecular formula is C11H16N2O3. The van der Waals surface area contributed by atoms with Crippen molar-refractivity contribution in [2.45, 2.75) is 39.0 Å². The lowest BCUT2D eigenvalue weighted by molar-refractivity contribution is -0.142. The van der Waals surface area contributed by atoms with Gasteiger partial charge in [0.1, 0.15) is 12.1 Å². The fraction of sp³-hybridized carbons (Fsp3) is 0.636. The van der Waals surface area contributed by atoms with Crippen LogP contribution in [-0.4, -0.2) is 30.5 Å². The minimum Gasteiger partial charge on any atom is -0.465 e. The number of hydrogen-bond donors (Lipinski definition) is 0. The van der Waals surface area contributed by atoms with Gasteiger partial charge in [-0.2, -0.15) is 4.99 Å². The van der Waals surface area contributed by atoms with E-state index in [9.17, 15) is 9.59 Å². The molecule has 0 radical (unpaired) electrons. The summed E-state index contributed by atoms with van der Waals surface area (Å²) in [6, 6.07) is 0. The van der Waals surface area contributed by atoms with Gasteiger partial charge in [-0.15, -0.1) is 0 Å². The second kappa shape index (κ2) is 6.87. The minimum atomic E-state index is -0.442. The van der Waals surface area contributed by atoms with Gasteiger partial charge < -0.3 is 4.74 Å². The van der Waals surface area contributed by atoms with E-state index in [2.05, 4.69) is 16.9 Å². The van der Waals surface area contributed by atoms with Crippen molar-refractivity contribution in [1.82, 2.24) is 0 Å². The number of ether oxygens (including phenoxy) is 1. The molecule has 1 aliphatic rings. The molecule has 0 fully saturated rings. The molecule has 1 amide bonds. The molecule has 0 bridgehead atoms. The summed E-state index contributed by atoms with van der Waals surface area (Å²) in [4.78, 5) is 29.4. The first-order valence-electron chi connectivity index (χ1n) is 5.53. The molecule has 88 valence electrons. The molecule has 5 nitrogen and oxygen atoms in total. The fourth-order valence-electron chi connectivity index (χ4n) is 1.30. The van der Waals surface area contributed by atoms with Crippen molar-refractivity contribution < 1.29 is 14.3 Å². The third-order valence-electron chi connectivity index (χ3n) is 2.21. The van der Waals surface area contributed by atoms with Gasteiger partial charge in [0, 0.05) is 0 Å². The molecule has 0 aliphatic carbocycles. The molecule has 1 heterocycles. The van der Waals surface area contributed by atoms with Crippen molar-refractivity contribution >= 4 is 23.9 Å². The molecule has 0 atom stereocenters. The van der Waals surface area contributed by atoms with Crippen LogP contribution in [0.4, 0.5) is 0 Å². The Kier molecular flexibility index (Phi) is 5.39. The zero-order valence-corrected chi connectivity index (χ0v) is 9.44. The Morgan fingerprint density at radius 1 is 1.38 bits per heavy atom. The number of amides is 1. The van der Waals surface area contributed by atoms with E-state index < -0.39 is 11.9 Å². The van der Waals surface area contributed by atoms with Crippen molar-refractivity contribution in [1.29, 1.82) is 0 Å². The van der Waals surface area contributed by atoms with Gasteiger partial charge in [0.2, 0.25) is 0 Å². The van der Waals surface area contributed by atoms with E-state index in [0.29, 0.717) is 6.61 Å². The van der Waals surface area contributed by atoms with Gasteiger partial charge >= 0.3 is 5.97 Å². The zero-order chi connectivity index (χ0) is 11.8. The first-order valence-corrected chi connectivity index (χ1v) is 5.53. The molecule has 0 spiro atoms. The average Bonchev–Trinajstić information content (AvgIpc) is 2.64. The fourth-order valence-corrected chi connectivity index (χ4v) is 1.30. The van der Waals surface area contributed by atoms with E-state index >= 15 is 0 Å². The van der Waals surface area contributed by atoms with Crippen LogP contribution in [0.25, 0.3) is 0 Å². The van der Waals surface area contributed by atoms with Crippen LogP contribution in [0.5, 0.6) is 0 Å². The summed E-state index contributed by atoms with van der Waals surface area (Å²) in [6.07, 6.45) is 5.31. The van der Waals surface area contributed by atoms with Gasteiger partial charge in [-0.05, 0) is 6.42 Å². The number of unbranched alkanes of at least 4 members (excludes halogenated alkanes) is 3. The summed E-state index contributed by atoms with van der Waals surface area (Å²) in [7, 11) is 0. The molecule has 0 aromatic carbocycles. The highest BCUT2D eigenvalue weighted by molar-refractivity contribution is 6.46. The number of aliphatic imine (C=N–C) groups is 2. The van der Waals surface area contributed by atoms with Crippen molar-refractivity contribution in [3.63, 3.8) is 0 Å². The summed E-state index contributed by atoms with van der Waals surface area (Å²) in [6.45, 7) is 2.54. The monoisotopic (exact) mass is 224 g/mol. The smallest absolute Gasteiger partial charge is 0.312 e. The van der Waals surface area contributed by atoms with E-state index in [4.69, 9.17) is 4.74 Å². The number of carbonyl (C=O) groups excluding carboxylic acids is 2. The Morgan fingerprint density at radius 2 is 2.19 bits per heavy atom. The zero-order valence-electron chi connectivity index (χ0n) is 9.44. The Balaban J connectivity index is 2.10. The molecule has 0 saturated carbocycles. The largest absolute Gasteiger partial charge is 0.465 e. The molecule has 0 unspecified atom stereocenters. The second-order valence-corrected chi connectivity index (χ2v) is 3.58. The number of carbonyl (C=O) groups is 2. The topological polar surface area (TPSA) is 68.1 Å². The summed E-state index contributed by atoms with van der Waals surface area (Å²) < 4.78 is 4.97. The van der Waals surface area contributed by atoms with Crippen molar-refractivity contribution in [3.8, 4) is 0 Å². The quantitative estimate of drug-likeness (QED) is 0.486. The van der Waals surface area contributed by atoms with Crippen molar-refractivity contribution in [3.05, 3.63) is 0 Å². The SMILES string of the molecule is CCCCCCOC(=O)CC1=NC=NC1=O. The first-order chi connectivity index (χ1) is 7.74. The Bertz CT molecular complexity index is 321. The second-order valence-electron chi connectivity index (χ2n) is 3.58. The van der Waals surface area contributed by atoms with Gasteiger partial charge in [-0.3, -0.25) is 9.59 Å². The molecule has 5 heteroatoms.